The lowest BCUT2D eigenvalue weighted by molar-refractivity contribution is 0.0665. The second-order valence-corrected chi connectivity index (χ2v) is 3.91. The molecule has 0 saturated heterocycles. The lowest BCUT2D eigenvalue weighted by Crippen LogP contribution is -2.03. The van der Waals surface area contributed by atoms with Gasteiger partial charge in [-0.1, -0.05) is 12.1 Å². The summed E-state index contributed by atoms with van der Waals surface area (Å²) in [7, 11) is 1.77. The van der Waals surface area contributed by atoms with Gasteiger partial charge in [-0.05, 0) is 17.7 Å². The molecule has 0 amide bonds. The Morgan fingerprint density at radius 3 is 3.00 bits per heavy atom. The van der Waals surface area contributed by atoms with E-state index in [4.69, 9.17) is 9.52 Å². The third-order valence-corrected chi connectivity index (χ3v) is 2.86. The zero-order valence-corrected chi connectivity index (χ0v) is 9.60. The Hall–Kier alpha value is -2.56. The predicted molar refractivity (Wildman–Crippen MR) is 67.8 cm³/mol. The molecule has 1 aliphatic heterocycles. The van der Waals surface area contributed by atoms with E-state index >= 15 is 0 Å². The van der Waals surface area contributed by atoms with Gasteiger partial charge in [-0.15, -0.1) is 0 Å². The van der Waals surface area contributed by atoms with Gasteiger partial charge in [0.05, 0.1) is 5.56 Å². The molecule has 2 N–H and O–H groups in total. The van der Waals surface area contributed by atoms with Crippen LogP contribution in [0.25, 0.3) is 17.0 Å². The number of carboxylic acid groups (broad SMARTS) is 1. The van der Waals surface area contributed by atoms with Crippen molar-refractivity contribution in [3.63, 3.8) is 0 Å². The second-order valence-electron chi connectivity index (χ2n) is 3.91. The van der Waals surface area contributed by atoms with Crippen molar-refractivity contribution < 1.29 is 14.3 Å². The first-order valence-electron chi connectivity index (χ1n) is 5.43. The van der Waals surface area contributed by atoms with Crippen molar-refractivity contribution in [1.82, 2.24) is 5.32 Å². The highest BCUT2D eigenvalue weighted by Crippen LogP contribution is 2.30. The van der Waals surface area contributed by atoms with E-state index in [9.17, 15) is 4.79 Å². The molecule has 0 fully saturated rings. The van der Waals surface area contributed by atoms with Gasteiger partial charge in [0.15, 0.2) is 0 Å². The maximum absolute atomic E-state index is 11.2. The number of nitrogens with one attached hydrogen (secondary N) is 1. The van der Waals surface area contributed by atoms with Gasteiger partial charge in [0, 0.05) is 18.6 Å². The van der Waals surface area contributed by atoms with Gasteiger partial charge in [-0.3, -0.25) is 0 Å². The summed E-state index contributed by atoms with van der Waals surface area (Å²) >= 11 is 0. The van der Waals surface area contributed by atoms with Gasteiger partial charge in [0.1, 0.15) is 11.4 Å². The first kappa shape index (κ1) is 10.6. The smallest absolute Gasteiger partial charge is 0.372 e. The molecule has 0 bridgehead atoms. The lowest BCUT2D eigenvalue weighted by atomic mass is 10.1. The Morgan fingerprint density at radius 1 is 1.44 bits per heavy atom. The first-order chi connectivity index (χ1) is 8.70. The minimum Gasteiger partial charge on any atom is -0.475 e. The summed E-state index contributed by atoms with van der Waals surface area (Å²) in [6, 6.07) is 5.48. The van der Waals surface area contributed by atoms with Crippen LogP contribution in [0, 0.1) is 0 Å². The average Bonchev–Trinajstić information content (AvgIpc) is 2.62. The van der Waals surface area contributed by atoms with Crippen LogP contribution in [0.15, 0.2) is 33.4 Å². The molecule has 2 heterocycles. The van der Waals surface area contributed by atoms with Crippen molar-refractivity contribution in [3.8, 4) is 0 Å². The number of aliphatic imine (C=N–C) groups is 1. The molecular formula is C13H10N2O3. The van der Waals surface area contributed by atoms with E-state index in [1.165, 1.54) is 6.21 Å². The molecule has 90 valence electrons. The Labute approximate surface area is 102 Å². The zero-order valence-electron chi connectivity index (χ0n) is 9.60. The molecule has 0 spiro atoms. The third kappa shape index (κ3) is 1.41. The fraction of sp³-hybridized carbons (Fsp3) is 0.0769. The van der Waals surface area contributed by atoms with Crippen LogP contribution in [0.3, 0.4) is 0 Å². The number of hydrogen-bond acceptors (Lipinski definition) is 4. The van der Waals surface area contributed by atoms with Crippen LogP contribution in [-0.2, 0) is 0 Å². The number of benzene rings is 1. The Kier molecular flexibility index (Phi) is 2.19. The van der Waals surface area contributed by atoms with Crippen LogP contribution in [0.1, 0.15) is 21.7 Å². The van der Waals surface area contributed by atoms with E-state index in [1.54, 1.807) is 13.1 Å². The summed E-state index contributed by atoms with van der Waals surface area (Å²) in [6.45, 7) is 0. The number of furan rings is 1. The van der Waals surface area contributed by atoms with Crippen molar-refractivity contribution in [2.24, 2.45) is 4.99 Å². The van der Waals surface area contributed by atoms with Gasteiger partial charge in [0.25, 0.3) is 0 Å². The molecule has 2 aromatic rings. The summed E-state index contributed by atoms with van der Waals surface area (Å²) in [5, 5.41) is 12.9. The van der Waals surface area contributed by atoms with Crippen molar-refractivity contribution in [3.05, 3.63) is 40.9 Å². The molecule has 1 aromatic heterocycles. The fourth-order valence-corrected chi connectivity index (χ4v) is 2.06. The molecule has 3 rings (SSSR count). The summed E-state index contributed by atoms with van der Waals surface area (Å²) in [5.74, 6) is -0.492. The number of aromatic carboxylic acids is 1. The van der Waals surface area contributed by atoms with Gasteiger partial charge in [0.2, 0.25) is 5.76 Å². The Bertz CT molecular complexity index is 710. The highest BCUT2D eigenvalue weighted by Gasteiger charge is 2.21. The van der Waals surface area contributed by atoms with Gasteiger partial charge >= 0.3 is 5.97 Å². The topological polar surface area (TPSA) is 74.8 Å². The molecule has 0 atom stereocenters. The highest BCUT2D eigenvalue weighted by molar-refractivity contribution is 6.10. The van der Waals surface area contributed by atoms with Crippen LogP contribution in [0.2, 0.25) is 0 Å². The van der Waals surface area contributed by atoms with E-state index in [0.29, 0.717) is 17.0 Å². The minimum atomic E-state index is -1.09. The van der Waals surface area contributed by atoms with E-state index < -0.39 is 5.97 Å². The second kappa shape index (κ2) is 3.73. The molecule has 0 saturated carbocycles. The largest absolute Gasteiger partial charge is 0.475 e. The average molecular weight is 242 g/mol. The zero-order chi connectivity index (χ0) is 12.7. The number of nitrogens with zero attached hydrogens (tertiary/aromatic N) is 1. The Morgan fingerprint density at radius 2 is 2.28 bits per heavy atom. The van der Waals surface area contributed by atoms with Crippen molar-refractivity contribution >= 4 is 29.2 Å². The maximum atomic E-state index is 11.2. The van der Waals surface area contributed by atoms with E-state index in [0.717, 1.165) is 10.9 Å². The summed E-state index contributed by atoms with van der Waals surface area (Å²) in [6.07, 6.45) is 3.38. The van der Waals surface area contributed by atoms with Crippen LogP contribution in [0.4, 0.5) is 0 Å². The summed E-state index contributed by atoms with van der Waals surface area (Å²) in [4.78, 5) is 15.4. The van der Waals surface area contributed by atoms with E-state index in [1.807, 2.05) is 18.2 Å². The minimum absolute atomic E-state index is 0.0769. The normalized spacial score (nSPS) is 13.3. The van der Waals surface area contributed by atoms with E-state index in [2.05, 4.69) is 10.3 Å². The lowest BCUT2D eigenvalue weighted by Gasteiger charge is -1.98. The maximum Gasteiger partial charge on any atom is 0.372 e. The van der Waals surface area contributed by atoms with Gasteiger partial charge in [-0.2, -0.15) is 0 Å². The van der Waals surface area contributed by atoms with Gasteiger partial charge in [-0.25, -0.2) is 9.79 Å². The van der Waals surface area contributed by atoms with Crippen molar-refractivity contribution in [2.75, 3.05) is 7.05 Å². The summed E-state index contributed by atoms with van der Waals surface area (Å²) < 4.78 is 5.36. The molecule has 1 aromatic carbocycles. The van der Waals surface area contributed by atoms with Crippen LogP contribution >= 0.6 is 0 Å². The molecule has 5 nitrogen and oxygen atoms in total. The van der Waals surface area contributed by atoms with Crippen LogP contribution in [-0.4, -0.2) is 24.3 Å². The predicted octanol–water partition coefficient (Wildman–Crippen LogP) is 2.08. The molecule has 0 unspecified atom stereocenters. The first-order valence-corrected chi connectivity index (χ1v) is 5.43. The monoisotopic (exact) mass is 242 g/mol. The number of carbonyl (C=O) groups is 1. The number of hydrogen-bond donors (Lipinski definition) is 2. The Balaban J connectivity index is 2.40. The number of rotatable bonds is 2. The third-order valence-electron chi connectivity index (χ3n) is 2.86. The molecule has 0 radical (unpaired) electrons. The van der Waals surface area contributed by atoms with Crippen LogP contribution < -0.4 is 5.32 Å². The highest BCUT2D eigenvalue weighted by atomic mass is 16.4. The summed E-state index contributed by atoms with van der Waals surface area (Å²) in [5.41, 5.74) is 1.95. The van der Waals surface area contributed by atoms with Gasteiger partial charge < -0.3 is 14.8 Å². The standard InChI is InChI=1S/C13H10N2O3/c1-14-10-5-7-3-2-4-9-11(7)8(6-15-10)12(18-9)13(16)17/h2-6,14H,1H3,(H,16,17). The molecule has 0 aliphatic carbocycles. The quantitative estimate of drug-likeness (QED) is 0.845. The molecule has 5 heteroatoms. The molecular weight excluding hydrogens is 232 g/mol. The van der Waals surface area contributed by atoms with E-state index in [-0.39, 0.29) is 5.76 Å². The molecule has 18 heavy (non-hydrogen) atoms. The molecule has 1 aliphatic rings. The fourth-order valence-electron chi connectivity index (χ4n) is 2.06. The number of carboxylic acids is 1. The van der Waals surface area contributed by atoms with Crippen molar-refractivity contribution in [1.29, 1.82) is 0 Å². The van der Waals surface area contributed by atoms with Crippen LogP contribution in [0.5, 0.6) is 0 Å². The van der Waals surface area contributed by atoms with Crippen molar-refractivity contribution in [2.45, 2.75) is 0 Å². The SMILES string of the molecule is CNC1=Cc2cccc3oc(C(=O)O)c(c23)C=N1.